The molecule has 0 aromatic heterocycles. The van der Waals surface area contributed by atoms with E-state index in [0.29, 0.717) is 40.0 Å². The molecule has 0 spiro atoms. The van der Waals surface area contributed by atoms with Gasteiger partial charge in [-0.25, -0.2) is 4.99 Å². The molecule has 0 radical (unpaired) electrons. The highest BCUT2D eigenvalue weighted by Gasteiger charge is 2.41. The standard InChI is InChI=1S/C31H30Cl2N4O2S/c1-36(2)17-16-34-30(38)28-24(18-20-10-5-4-6-11-20)35-31-37(29(28)21-12-7-8-15-25(21)39-3)19-26(40-31)27-22(32)13-9-14-23(27)33/h4-15,19,29H,16-18H2,1-3H3,(H,34,38)/t29-/m0/s1. The van der Waals surface area contributed by atoms with Crippen molar-refractivity contribution >= 4 is 50.9 Å². The van der Waals surface area contributed by atoms with Crippen LogP contribution < -0.4 is 10.1 Å². The predicted molar refractivity (Wildman–Crippen MR) is 166 cm³/mol. The Hall–Kier alpha value is -3.23. The Morgan fingerprint density at radius 3 is 2.42 bits per heavy atom. The zero-order chi connectivity index (χ0) is 28.2. The number of likely N-dealkylation sites (N-methyl/N-ethyl adjacent to an activating group) is 1. The maximum atomic E-state index is 14.0. The highest BCUT2D eigenvalue weighted by atomic mass is 35.5. The lowest BCUT2D eigenvalue weighted by molar-refractivity contribution is -0.118. The van der Waals surface area contributed by atoms with E-state index in [-0.39, 0.29) is 5.91 Å². The summed E-state index contributed by atoms with van der Waals surface area (Å²) in [5.41, 5.74) is 3.97. The van der Waals surface area contributed by atoms with Crippen LogP contribution in [0.15, 0.2) is 95.3 Å². The van der Waals surface area contributed by atoms with Gasteiger partial charge in [0.15, 0.2) is 5.17 Å². The van der Waals surface area contributed by atoms with Crippen LogP contribution in [0.2, 0.25) is 10.0 Å². The van der Waals surface area contributed by atoms with Gasteiger partial charge in [-0.1, -0.05) is 77.8 Å². The number of methoxy groups -OCH3 is 1. The Kier molecular flexibility index (Phi) is 8.86. The average Bonchev–Trinajstić information content (AvgIpc) is 3.35. The van der Waals surface area contributed by atoms with E-state index in [9.17, 15) is 4.79 Å². The van der Waals surface area contributed by atoms with Crippen molar-refractivity contribution in [3.05, 3.63) is 117 Å². The van der Waals surface area contributed by atoms with Crippen LogP contribution >= 0.6 is 35.0 Å². The summed E-state index contributed by atoms with van der Waals surface area (Å²) in [7, 11) is 5.61. The smallest absolute Gasteiger partial charge is 0.251 e. The number of carbonyl (C=O) groups excluding carboxylic acids is 1. The van der Waals surface area contributed by atoms with E-state index in [4.69, 9.17) is 32.9 Å². The number of rotatable bonds is 9. The third-order valence-corrected chi connectivity index (χ3v) is 8.36. The van der Waals surface area contributed by atoms with E-state index in [0.717, 1.165) is 33.3 Å². The summed E-state index contributed by atoms with van der Waals surface area (Å²) in [5.74, 6) is 0.531. The highest BCUT2D eigenvalue weighted by molar-refractivity contribution is 8.22. The fraction of sp³-hybridized carbons (Fsp3) is 0.226. The second-order valence-electron chi connectivity index (χ2n) is 9.72. The van der Waals surface area contributed by atoms with Gasteiger partial charge >= 0.3 is 0 Å². The van der Waals surface area contributed by atoms with Crippen molar-refractivity contribution < 1.29 is 9.53 Å². The number of allylic oxidation sites excluding steroid dienone is 1. The van der Waals surface area contributed by atoms with Crippen molar-refractivity contribution in [3.63, 3.8) is 0 Å². The molecule has 9 heteroatoms. The Bertz CT molecular complexity index is 1480. The van der Waals surface area contributed by atoms with E-state index in [1.165, 1.54) is 11.8 Å². The number of hydrogen-bond acceptors (Lipinski definition) is 6. The first-order chi connectivity index (χ1) is 19.4. The van der Waals surface area contributed by atoms with Crippen molar-refractivity contribution in [2.75, 3.05) is 34.3 Å². The average molecular weight is 594 g/mol. The number of fused-ring (bicyclic) bond motifs is 1. The summed E-state index contributed by atoms with van der Waals surface area (Å²) in [6.45, 7) is 1.23. The molecule has 1 amide bonds. The van der Waals surface area contributed by atoms with Gasteiger partial charge < -0.3 is 19.9 Å². The number of nitrogens with one attached hydrogen (secondary N) is 1. The van der Waals surface area contributed by atoms with Gasteiger partial charge in [0.2, 0.25) is 0 Å². The molecule has 40 heavy (non-hydrogen) atoms. The van der Waals surface area contributed by atoms with Crippen LogP contribution in [0.3, 0.4) is 0 Å². The molecule has 2 heterocycles. The van der Waals surface area contributed by atoms with Crippen molar-refractivity contribution in [3.8, 4) is 5.75 Å². The lowest BCUT2D eigenvalue weighted by Crippen LogP contribution is -2.40. The summed E-state index contributed by atoms with van der Waals surface area (Å²) in [4.78, 5) is 24.0. The van der Waals surface area contributed by atoms with Gasteiger partial charge in [0.05, 0.1) is 34.5 Å². The van der Waals surface area contributed by atoms with E-state index in [2.05, 4.69) is 5.32 Å². The first-order valence-corrected chi connectivity index (χ1v) is 14.5. The molecule has 206 valence electrons. The summed E-state index contributed by atoms with van der Waals surface area (Å²) >= 11 is 14.7. The minimum atomic E-state index is -0.479. The third kappa shape index (κ3) is 5.93. The molecule has 0 bridgehead atoms. The van der Waals surface area contributed by atoms with E-state index in [1.807, 2.05) is 103 Å². The zero-order valence-electron chi connectivity index (χ0n) is 22.5. The number of nitrogens with zero attached hydrogens (tertiary/aromatic N) is 3. The van der Waals surface area contributed by atoms with Gasteiger partial charge in [0.25, 0.3) is 5.91 Å². The molecule has 0 aliphatic carbocycles. The number of amidine groups is 1. The molecule has 0 unspecified atom stereocenters. The van der Waals surface area contributed by atoms with Crippen molar-refractivity contribution in [1.82, 2.24) is 15.1 Å². The van der Waals surface area contributed by atoms with Crippen LogP contribution in [0.25, 0.3) is 4.91 Å². The molecule has 2 aliphatic heterocycles. The van der Waals surface area contributed by atoms with Crippen LogP contribution in [0, 0.1) is 0 Å². The number of ether oxygens (including phenoxy) is 1. The topological polar surface area (TPSA) is 57.2 Å². The van der Waals surface area contributed by atoms with Gasteiger partial charge in [-0.2, -0.15) is 0 Å². The first kappa shape index (κ1) is 28.3. The second kappa shape index (κ2) is 12.5. The fourth-order valence-electron chi connectivity index (χ4n) is 4.81. The molecule has 3 aromatic carbocycles. The normalized spacial score (nSPS) is 16.6. The number of benzene rings is 3. The van der Waals surface area contributed by atoms with E-state index >= 15 is 0 Å². The van der Waals surface area contributed by atoms with Crippen LogP contribution in [-0.2, 0) is 11.2 Å². The van der Waals surface area contributed by atoms with Crippen molar-refractivity contribution in [2.24, 2.45) is 4.99 Å². The number of thioether (sulfide) groups is 1. The molecule has 5 rings (SSSR count). The first-order valence-electron chi connectivity index (χ1n) is 12.9. The van der Waals surface area contributed by atoms with E-state index < -0.39 is 6.04 Å². The minimum absolute atomic E-state index is 0.158. The third-order valence-electron chi connectivity index (χ3n) is 6.72. The molecule has 1 atom stereocenters. The molecular formula is C31H30Cl2N4O2S. The predicted octanol–water partition coefficient (Wildman–Crippen LogP) is 6.63. The van der Waals surface area contributed by atoms with Crippen LogP contribution in [0.4, 0.5) is 0 Å². The maximum absolute atomic E-state index is 14.0. The number of para-hydroxylation sites is 1. The highest BCUT2D eigenvalue weighted by Crippen LogP contribution is 2.50. The number of carbonyl (C=O) groups is 1. The van der Waals surface area contributed by atoms with E-state index in [1.54, 1.807) is 7.11 Å². The molecule has 6 nitrogen and oxygen atoms in total. The Balaban J connectivity index is 1.67. The monoisotopic (exact) mass is 592 g/mol. The van der Waals surface area contributed by atoms with Crippen LogP contribution in [0.5, 0.6) is 5.75 Å². The summed E-state index contributed by atoms with van der Waals surface area (Å²) < 4.78 is 5.79. The van der Waals surface area contributed by atoms with Crippen LogP contribution in [0.1, 0.15) is 22.7 Å². The largest absolute Gasteiger partial charge is 0.496 e. The van der Waals surface area contributed by atoms with Crippen molar-refractivity contribution in [1.29, 1.82) is 0 Å². The van der Waals surface area contributed by atoms with Gasteiger partial charge in [-0.15, -0.1) is 0 Å². The molecule has 0 fully saturated rings. The lowest BCUT2D eigenvalue weighted by atomic mass is 9.91. The lowest BCUT2D eigenvalue weighted by Gasteiger charge is -2.35. The number of halogens is 2. The maximum Gasteiger partial charge on any atom is 0.251 e. The Morgan fingerprint density at radius 2 is 1.73 bits per heavy atom. The molecule has 0 saturated heterocycles. The van der Waals surface area contributed by atoms with Gasteiger partial charge in [-0.3, -0.25) is 4.79 Å². The van der Waals surface area contributed by atoms with Crippen LogP contribution in [-0.4, -0.2) is 55.2 Å². The molecule has 1 N–H and O–H groups in total. The zero-order valence-corrected chi connectivity index (χ0v) is 24.9. The molecule has 0 saturated carbocycles. The summed E-state index contributed by atoms with van der Waals surface area (Å²) in [6, 6.07) is 22.9. The second-order valence-corrected chi connectivity index (χ2v) is 11.5. The Labute approximate surface area is 249 Å². The van der Waals surface area contributed by atoms with Gasteiger partial charge in [0, 0.05) is 41.7 Å². The van der Waals surface area contributed by atoms with Crippen molar-refractivity contribution in [2.45, 2.75) is 12.5 Å². The van der Waals surface area contributed by atoms with Gasteiger partial charge in [-0.05, 0) is 49.6 Å². The minimum Gasteiger partial charge on any atom is -0.496 e. The Morgan fingerprint density at radius 1 is 1.02 bits per heavy atom. The number of amides is 1. The summed E-state index contributed by atoms with van der Waals surface area (Å²) in [6.07, 6.45) is 2.49. The fourth-order valence-corrected chi connectivity index (χ4v) is 6.63. The molecular weight excluding hydrogens is 563 g/mol. The molecule has 2 aliphatic rings. The summed E-state index contributed by atoms with van der Waals surface area (Å²) in [5, 5.41) is 4.99. The number of hydrogen-bond donors (Lipinski definition) is 1. The number of aliphatic imine (C=N–C) groups is 1. The van der Waals surface area contributed by atoms with Gasteiger partial charge in [0.1, 0.15) is 5.75 Å². The quantitative estimate of drug-likeness (QED) is 0.302. The SMILES string of the molecule is COc1ccccc1[C@H]1C(C(=O)NCCN(C)C)=C(Cc2ccccc2)N=C2SC(c3c(Cl)cccc3Cl)=CN21. The molecule has 3 aromatic rings.